The minimum Gasteiger partial charge on any atom is -0.467 e. The molecular weight excluding hydrogens is 408 g/mol. The number of nitrogens with zero attached hydrogens (tertiary/aromatic N) is 4. The number of rotatable bonds is 5. The van der Waals surface area contributed by atoms with Gasteiger partial charge < -0.3 is 23.7 Å². The molecule has 1 fully saturated rings. The van der Waals surface area contributed by atoms with Crippen molar-refractivity contribution < 1.29 is 18.7 Å². The van der Waals surface area contributed by atoms with Gasteiger partial charge in [0.2, 0.25) is 12.7 Å². The van der Waals surface area contributed by atoms with E-state index < -0.39 is 0 Å². The van der Waals surface area contributed by atoms with Crippen molar-refractivity contribution in [3.63, 3.8) is 0 Å². The summed E-state index contributed by atoms with van der Waals surface area (Å²) in [5, 5.41) is 0. The average Bonchev–Trinajstić information content (AvgIpc) is 3.48. The van der Waals surface area contributed by atoms with Crippen LogP contribution in [0.3, 0.4) is 0 Å². The van der Waals surface area contributed by atoms with Gasteiger partial charge in [-0.05, 0) is 63.1 Å². The quantitative estimate of drug-likeness (QED) is 0.605. The summed E-state index contributed by atoms with van der Waals surface area (Å²) in [7, 11) is 0. The highest BCUT2D eigenvalue weighted by molar-refractivity contribution is 5.95. The van der Waals surface area contributed by atoms with Crippen molar-refractivity contribution in [1.82, 2.24) is 14.9 Å². The van der Waals surface area contributed by atoms with Crippen LogP contribution in [0.5, 0.6) is 11.5 Å². The van der Waals surface area contributed by atoms with E-state index in [0.29, 0.717) is 23.6 Å². The Kier molecular flexibility index (Phi) is 5.43. The summed E-state index contributed by atoms with van der Waals surface area (Å²) in [4.78, 5) is 26.9. The molecule has 0 spiro atoms. The number of anilines is 1. The molecule has 32 heavy (non-hydrogen) atoms. The summed E-state index contributed by atoms with van der Waals surface area (Å²) in [5.41, 5.74) is 2.51. The maximum atomic E-state index is 13.6. The Labute approximate surface area is 186 Å². The molecule has 166 valence electrons. The zero-order valence-electron chi connectivity index (χ0n) is 18.3. The molecule has 8 heteroatoms. The first-order valence-electron chi connectivity index (χ1n) is 10.9. The normalized spacial score (nSPS) is 15.8. The first-order chi connectivity index (χ1) is 15.6. The first-order valence-corrected chi connectivity index (χ1v) is 10.9. The van der Waals surface area contributed by atoms with E-state index in [1.165, 1.54) is 0 Å². The van der Waals surface area contributed by atoms with Crippen molar-refractivity contribution in [3.8, 4) is 11.5 Å². The number of benzene rings is 1. The van der Waals surface area contributed by atoms with Gasteiger partial charge in [0.1, 0.15) is 5.76 Å². The van der Waals surface area contributed by atoms with Gasteiger partial charge in [0.25, 0.3) is 5.91 Å². The van der Waals surface area contributed by atoms with Gasteiger partial charge in [-0.2, -0.15) is 0 Å². The topological polar surface area (TPSA) is 80.9 Å². The van der Waals surface area contributed by atoms with Gasteiger partial charge in [-0.3, -0.25) is 4.79 Å². The molecule has 1 amide bonds. The average molecular weight is 434 g/mol. The maximum Gasteiger partial charge on any atom is 0.254 e. The lowest BCUT2D eigenvalue weighted by molar-refractivity contribution is 0.0613. The lowest BCUT2D eigenvalue weighted by Gasteiger charge is -2.38. The highest BCUT2D eigenvalue weighted by Crippen LogP contribution is 2.33. The predicted octanol–water partition coefficient (Wildman–Crippen LogP) is 3.73. The number of hydrogen-bond acceptors (Lipinski definition) is 7. The fourth-order valence-corrected chi connectivity index (χ4v) is 4.36. The van der Waals surface area contributed by atoms with Crippen molar-refractivity contribution in [3.05, 3.63) is 65.4 Å². The Morgan fingerprint density at radius 3 is 2.53 bits per heavy atom. The van der Waals surface area contributed by atoms with Gasteiger partial charge in [-0.25, -0.2) is 9.97 Å². The molecule has 0 saturated carbocycles. The molecule has 1 saturated heterocycles. The summed E-state index contributed by atoms with van der Waals surface area (Å²) >= 11 is 0. The van der Waals surface area contributed by atoms with E-state index in [0.717, 1.165) is 49.0 Å². The number of carbonyl (C=O) groups is 1. The van der Waals surface area contributed by atoms with Crippen LogP contribution >= 0.6 is 0 Å². The van der Waals surface area contributed by atoms with E-state index in [-0.39, 0.29) is 18.7 Å². The van der Waals surface area contributed by atoms with Crippen molar-refractivity contribution in [2.75, 3.05) is 24.8 Å². The number of piperidine rings is 1. The Morgan fingerprint density at radius 1 is 1.06 bits per heavy atom. The van der Waals surface area contributed by atoms with Crippen molar-refractivity contribution in [2.24, 2.45) is 0 Å². The smallest absolute Gasteiger partial charge is 0.254 e. The SMILES string of the molecule is Cc1cc(C)nc(N2CCC(N(Cc3ccco3)C(=O)c3ccc4c(c3)OCO4)CC2)n1. The third-order valence-electron chi connectivity index (χ3n) is 5.95. The summed E-state index contributed by atoms with van der Waals surface area (Å²) in [6.45, 7) is 6.15. The zero-order valence-corrected chi connectivity index (χ0v) is 18.3. The third kappa shape index (κ3) is 4.12. The highest BCUT2D eigenvalue weighted by atomic mass is 16.7. The number of aryl methyl sites for hydroxylation is 2. The minimum atomic E-state index is -0.0409. The second-order valence-electron chi connectivity index (χ2n) is 8.25. The van der Waals surface area contributed by atoms with Gasteiger partial charge in [0.05, 0.1) is 12.8 Å². The van der Waals surface area contributed by atoms with Crippen molar-refractivity contribution in [2.45, 2.75) is 39.3 Å². The molecule has 0 N–H and O–H groups in total. The molecule has 0 aliphatic carbocycles. The van der Waals surface area contributed by atoms with Crippen molar-refractivity contribution in [1.29, 1.82) is 0 Å². The second-order valence-corrected chi connectivity index (χ2v) is 8.25. The molecule has 0 radical (unpaired) electrons. The van der Waals surface area contributed by atoms with Crippen LogP contribution < -0.4 is 14.4 Å². The summed E-state index contributed by atoms with van der Waals surface area (Å²) in [6.07, 6.45) is 3.29. The molecule has 1 aromatic carbocycles. The Hall–Kier alpha value is -3.55. The van der Waals surface area contributed by atoms with Crippen LogP contribution in [0.1, 0.15) is 40.3 Å². The molecule has 5 rings (SSSR count). The number of fused-ring (bicyclic) bond motifs is 1. The number of ether oxygens (including phenoxy) is 2. The van der Waals surface area contributed by atoms with Crippen LogP contribution in [0.15, 0.2) is 47.1 Å². The maximum absolute atomic E-state index is 13.6. The molecule has 0 unspecified atom stereocenters. The van der Waals surface area contributed by atoms with E-state index in [1.54, 1.807) is 24.5 Å². The summed E-state index contributed by atoms with van der Waals surface area (Å²) in [5.74, 6) is 2.76. The second kappa shape index (κ2) is 8.53. The number of carbonyl (C=O) groups excluding carboxylic acids is 1. The first kappa shape index (κ1) is 20.4. The number of furan rings is 1. The van der Waals surface area contributed by atoms with Gasteiger partial charge in [0.15, 0.2) is 11.5 Å². The standard InChI is InChI=1S/C24H26N4O4/c1-16-12-17(2)26-24(25-16)27-9-7-19(8-10-27)28(14-20-4-3-11-30-20)23(29)18-5-6-21-22(13-18)32-15-31-21/h3-6,11-13,19H,7-10,14-15H2,1-2H3. The fraction of sp³-hybridized carbons (Fsp3) is 0.375. The molecular formula is C24H26N4O4. The number of amides is 1. The van der Waals surface area contributed by atoms with E-state index in [2.05, 4.69) is 14.9 Å². The van der Waals surface area contributed by atoms with E-state index in [4.69, 9.17) is 13.9 Å². The van der Waals surface area contributed by atoms with Crippen LogP contribution in [0.2, 0.25) is 0 Å². The molecule has 3 aromatic rings. The Bertz CT molecular complexity index is 1090. The molecule has 0 atom stereocenters. The van der Waals surface area contributed by atoms with Crippen LogP contribution in [-0.2, 0) is 6.54 Å². The Balaban J connectivity index is 1.35. The molecule has 2 aromatic heterocycles. The van der Waals surface area contributed by atoms with Gasteiger partial charge in [0, 0.05) is 36.1 Å². The largest absolute Gasteiger partial charge is 0.467 e. The monoisotopic (exact) mass is 434 g/mol. The third-order valence-corrected chi connectivity index (χ3v) is 5.95. The van der Waals surface area contributed by atoms with Crippen LogP contribution in [0, 0.1) is 13.8 Å². The van der Waals surface area contributed by atoms with Crippen molar-refractivity contribution >= 4 is 11.9 Å². The van der Waals surface area contributed by atoms with E-state index >= 15 is 0 Å². The van der Waals surface area contributed by atoms with E-state index in [1.807, 2.05) is 36.9 Å². The predicted molar refractivity (Wildman–Crippen MR) is 118 cm³/mol. The molecule has 2 aliphatic rings. The van der Waals surface area contributed by atoms with Gasteiger partial charge in [-0.1, -0.05) is 0 Å². The van der Waals surface area contributed by atoms with Crippen LogP contribution in [0.4, 0.5) is 5.95 Å². The number of hydrogen-bond donors (Lipinski definition) is 0. The van der Waals surface area contributed by atoms with Gasteiger partial charge in [-0.15, -0.1) is 0 Å². The molecule has 2 aliphatic heterocycles. The lowest BCUT2D eigenvalue weighted by atomic mass is 10.0. The number of aromatic nitrogens is 2. The lowest BCUT2D eigenvalue weighted by Crippen LogP contribution is -2.47. The molecule has 0 bridgehead atoms. The van der Waals surface area contributed by atoms with Crippen LogP contribution in [-0.4, -0.2) is 46.7 Å². The van der Waals surface area contributed by atoms with Gasteiger partial charge >= 0.3 is 0 Å². The highest BCUT2D eigenvalue weighted by Gasteiger charge is 2.31. The Morgan fingerprint density at radius 2 is 1.81 bits per heavy atom. The molecule has 8 nitrogen and oxygen atoms in total. The van der Waals surface area contributed by atoms with E-state index in [9.17, 15) is 4.79 Å². The summed E-state index contributed by atoms with van der Waals surface area (Å²) in [6, 6.07) is 11.2. The molecule has 4 heterocycles. The van der Waals surface area contributed by atoms with Crippen LogP contribution in [0.25, 0.3) is 0 Å². The minimum absolute atomic E-state index is 0.0409. The summed E-state index contributed by atoms with van der Waals surface area (Å²) < 4.78 is 16.4. The fourth-order valence-electron chi connectivity index (χ4n) is 4.36. The zero-order chi connectivity index (χ0) is 22.1.